The molecule has 0 saturated carbocycles. The van der Waals surface area contributed by atoms with Crippen molar-refractivity contribution in [3.63, 3.8) is 0 Å². The van der Waals surface area contributed by atoms with Crippen molar-refractivity contribution in [3.8, 4) is 0 Å². The van der Waals surface area contributed by atoms with E-state index in [4.69, 9.17) is 11.5 Å². The van der Waals surface area contributed by atoms with Crippen molar-refractivity contribution in [2.24, 2.45) is 16.5 Å². The third kappa shape index (κ3) is 4.75. The van der Waals surface area contributed by atoms with Crippen molar-refractivity contribution < 1.29 is 4.79 Å². The zero-order chi connectivity index (χ0) is 19.3. The minimum atomic E-state index is -0.383. The topological polar surface area (TPSA) is 131 Å². The lowest BCUT2D eigenvalue weighted by molar-refractivity contribution is 0.102. The molecule has 1 aromatic heterocycles. The number of amidine groups is 1. The molecular formula is C18H23N7OS. The zero-order valence-electron chi connectivity index (χ0n) is 15.1. The predicted molar refractivity (Wildman–Crippen MR) is 110 cm³/mol. The van der Waals surface area contributed by atoms with Gasteiger partial charge in [-0.2, -0.15) is 0 Å². The standard InChI is InChI=1S/C18H23N7OS/c1-18(5-8-27-17(20)25-18)12-3-2-4-13(9-12)24-16(26)14-10-23-15(11-22-14)21-7-6-19/h2-4,9-11H,5-8,19H2,1H3,(H2,20,25)(H,21,23)(H,24,26). The second-order valence-electron chi connectivity index (χ2n) is 6.36. The number of nitrogens with two attached hydrogens (primary N) is 2. The summed E-state index contributed by atoms with van der Waals surface area (Å²) in [6, 6.07) is 7.66. The van der Waals surface area contributed by atoms with Crippen molar-refractivity contribution in [1.29, 1.82) is 0 Å². The van der Waals surface area contributed by atoms with E-state index in [1.54, 1.807) is 11.8 Å². The molecule has 1 aliphatic heterocycles. The summed E-state index contributed by atoms with van der Waals surface area (Å²) in [5, 5.41) is 6.46. The highest BCUT2D eigenvalue weighted by molar-refractivity contribution is 8.13. The lowest BCUT2D eigenvalue weighted by atomic mass is 9.89. The molecule has 1 atom stereocenters. The number of carbonyl (C=O) groups excluding carboxylic acids is 1. The quantitative estimate of drug-likeness (QED) is 0.596. The highest BCUT2D eigenvalue weighted by atomic mass is 32.2. The Bertz CT molecular complexity index is 840. The van der Waals surface area contributed by atoms with Crippen LogP contribution in [0.2, 0.25) is 0 Å². The van der Waals surface area contributed by atoms with Gasteiger partial charge in [0.15, 0.2) is 5.17 Å². The van der Waals surface area contributed by atoms with Gasteiger partial charge in [0, 0.05) is 24.5 Å². The van der Waals surface area contributed by atoms with Crippen LogP contribution in [0.3, 0.4) is 0 Å². The third-order valence-corrected chi connectivity index (χ3v) is 5.07. The molecule has 2 aromatic rings. The molecule has 0 spiro atoms. The van der Waals surface area contributed by atoms with Crippen LogP contribution in [0.4, 0.5) is 11.5 Å². The first kappa shape index (κ1) is 19.1. The number of aliphatic imine (C=N–C) groups is 1. The van der Waals surface area contributed by atoms with Crippen molar-refractivity contribution in [3.05, 3.63) is 47.9 Å². The Morgan fingerprint density at radius 2 is 2.19 bits per heavy atom. The van der Waals surface area contributed by atoms with Gasteiger partial charge in [0.05, 0.1) is 17.9 Å². The second-order valence-corrected chi connectivity index (χ2v) is 7.47. The van der Waals surface area contributed by atoms with E-state index in [1.165, 1.54) is 12.4 Å². The minimum Gasteiger partial charge on any atom is -0.379 e. The van der Waals surface area contributed by atoms with Crippen LogP contribution in [0.5, 0.6) is 0 Å². The van der Waals surface area contributed by atoms with Crippen LogP contribution in [0, 0.1) is 0 Å². The summed E-state index contributed by atoms with van der Waals surface area (Å²) in [6.07, 6.45) is 3.83. The maximum atomic E-state index is 12.5. The Kier molecular flexibility index (Phi) is 5.92. The summed E-state index contributed by atoms with van der Waals surface area (Å²) in [7, 11) is 0. The van der Waals surface area contributed by atoms with Gasteiger partial charge >= 0.3 is 0 Å². The Balaban J connectivity index is 1.72. The van der Waals surface area contributed by atoms with Gasteiger partial charge in [-0.3, -0.25) is 9.79 Å². The summed E-state index contributed by atoms with van der Waals surface area (Å²) >= 11 is 1.56. The summed E-state index contributed by atoms with van der Waals surface area (Å²) < 4.78 is 0. The fraction of sp³-hybridized carbons (Fsp3) is 0.333. The third-order valence-electron chi connectivity index (χ3n) is 4.27. The van der Waals surface area contributed by atoms with Crippen LogP contribution in [0.15, 0.2) is 41.7 Å². The molecule has 0 fully saturated rings. The molecule has 2 heterocycles. The SMILES string of the molecule is CC1(c2cccc(NC(=O)c3cnc(NCCN)cn3)c2)CCSC(N)=N1. The monoisotopic (exact) mass is 385 g/mol. The van der Waals surface area contributed by atoms with Gasteiger partial charge in [-0.1, -0.05) is 23.9 Å². The lowest BCUT2D eigenvalue weighted by Gasteiger charge is -2.30. The number of hydrogen-bond acceptors (Lipinski definition) is 8. The summed E-state index contributed by atoms with van der Waals surface area (Å²) in [4.78, 5) is 25.4. The number of carbonyl (C=O) groups is 1. The number of thioether (sulfide) groups is 1. The van der Waals surface area contributed by atoms with Crippen molar-refractivity contribution in [2.45, 2.75) is 18.9 Å². The molecule has 0 saturated heterocycles. The molecule has 0 radical (unpaired) electrons. The maximum absolute atomic E-state index is 12.5. The highest BCUT2D eigenvalue weighted by Crippen LogP contribution is 2.35. The number of nitrogens with zero attached hydrogens (tertiary/aromatic N) is 3. The van der Waals surface area contributed by atoms with Crippen molar-refractivity contribution in [1.82, 2.24) is 9.97 Å². The van der Waals surface area contributed by atoms with Gasteiger partial charge in [0.25, 0.3) is 5.91 Å². The van der Waals surface area contributed by atoms with Gasteiger partial charge < -0.3 is 22.1 Å². The van der Waals surface area contributed by atoms with E-state index in [9.17, 15) is 4.79 Å². The first-order chi connectivity index (χ1) is 13.0. The van der Waals surface area contributed by atoms with E-state index in [0.29, 0.717) is 29.8 Å². The first-order valence-electron chi connectivity index (χ1n) is 8.66. The molecule has 1 unspecified atom stereocenters. The van der Waals surface area contributed by atoms with Gasteiger partial charge in [0.1, 0.15) is 11.5 Å². The first-order valence-corrected chi connectivity index (χ1v) is 9.65. The van der Waals surface area contributed by atoms with Gasteiger partial charge in [-0.15, -0.1) is 0 Å². The second kappa shape index (κ2) is 8.36. The summed E-state index contributed by atoms with van der Waals surface area (Å²) in [5.74, 6) is 1.18. The summed E-state index contributed by atoms with van der Waals surface area (Å²) in [6.45, 7) is 3.14. The maximum Gasteiger partial charge on any atom is 0.275 e. The lowest BCUT2D eigenvalue weighted by Crippen LogP contribution is -2.28. The molecule has 1 amide bonds. The average molecular weight is 385 g/mol. The fourth-order valence-electron chi connectivity index (χ4n) is 2.76. The Labute approximate surface area is 162 Å². The molecule has 1 aliphatic rings. The Morgan fingerprint density at radius 3 is 2.89 bits per heavy atom. The molecular weight excluding hydrogens is 362 g/mol. The highest BCUT2D eigenvalue weighted by Gasteiger charge is 2.29. The number of benzene rings is 1. The molecule has 1 aromatic carbocycles. The van der Waals surface area contributed by atoms with E-state index in [0.717, 1.165) is 17.7 Å². The average Bonchev–Trinajstić information content (AvgIpc) is 2.67. The number of anilines is 2. The van der Waals surface area contributed by atoms with Crippen LogP contribution in [-0.4, -0.2) is 39.9 Å². The van der Waals surface area contributed by atoms with E-state index >= 15 is 0 Å². The summed E-state index contributed by atoms with van der Waals surface area (Å²) in [5.41, 5.74) is 12.9. The van der Waals surface area contributed by atoms with Gasteiger partial charge in [0.2, 0.25) is 0 Å². The van der Waals surface area contributed by atoms with E-state index in [-0.39, 0.29) is 17.1 Å². The number of hydrogen-bond donors (Lipinski definition) is 4. The van der Waals surface area contributed by atoms with Crippen LogP contribution < -0.4 is 22.1 Å². The molecule has 8 nitrogen and oxygen atoms in total. The fourth-order valence-corrected chi connectivity index (χ4v) is 3.73. The van der Waals surface area contributed by atoms with Gasteiger partial charge in [-0.05, 0) is 31.0 Å². The van der Waals surface area contributed by atoms with Crippen molar-refractivity contribution in [2.75, 3.05) is 29.5 Å². The molecule has 27 heavy (non-hydrogen) atoms. The van der Waals surface area contributed by atoms with E-state index in [1.807, 2.05) is 24.3 Å². The van der Waals surface area contributed by atoms with Gasteiger partial charge in [-0.25, -0.2) is 9.97 Å². The Hall–Kier alpha value is -2.65. The largest absolute Gasteiger partial charge is 0.379 e. The molecule has 142 valence electrons. The van der Waals surface area contributed by atoms with E-state index in [2.05, 4.69) is 32.5 Å². The van der Waals surface area contributed by atoms with Crippen LogP contribution >= 0.6 is 11.8 Å². The molecule has 0 bridgehead atoms. The predicted octanol–water partition coefficient (Wildman–Crippen LogP) is 1.77. The zero-order valence-corrected chi connectivity index (χ0v) is 15.9. The molecule has 3 rings (SSSR count). The van der Waals surface area contributed by atoms with Crippen LogP contribution in [0.25, 0.3) is 0 Å². The number of nitrogens with one attached hydrogen (secondary N) is 2. The minimum absolute atomic E-state index is 0.237. The molecule has 9 heteroatoms. The molecule has 0 aliphatic carbocycles. The normalized spacial score (nSPS) is 19.3. The number of amides is 1. The van der Waals surface area contributed by atoms with Crippen molar-refractivity contribution >= 4 is 34.3 Å². The smallest absolute Gasteiger partial charge is 0.275 e. The number of aromatic nitrogens is 2. The Morgan fingerprint density at radius 1 is 1.33 bits per heavy atom. The van der Waals surface area contributed by atoms with Crippen LogP contribution in [-0.2, 0) is 5.54 Å². The van der Waals surface area contributed by atoms with Crippen LogP contribution in [0.1, 0.15) is 29.4 Å². The number of rotatable bonds is 6. The van der Waals surface area contributed by atoms with E-state index < -0.39 is 0 Å². The molecule has 6 N–H and O–H groups in total.